The highest BCUT2D eigenvalue weighted by Gasteiger charge is 2.37. The number of halogens is 1. The minimum atomic E-state index is -0.870. The highest BCUT2D eigenvalue weighted by atomic mass is 19.1. The number of carboxylic acid groups (broad SMARTS) is 1. The third-order valence-electron chi connectivity index (χ3n) is 3.83. The molecule has 0 saturated heterocycles. The molecule has 1 aliphatic carbocycles. The predicted molar refractivity (Wildman–Crippen MR) is 72.8 cm³/mol. The first-order chi connectivity index (χ1) is 9.49. The third-order valence-corrected chi connectivity index (χ3v) is 3.83. The lowest BCUT2D eigenvalue weighted by Crippen LogP contribution is -2.27. The van der Waals surface area contributed by atoms with Crippen molar-refractivity contribution in [1.82, 2.24) is 0 Å². The lowest BCUT2D eigenvalue weighted by atomic mass is 9.79. The fraction of sp³-hybridized carbons (Fsp3) is 0.467. The van der Waals surface area contributed by atoms with Gasteiger partial charge in [-0.05, 0) is 36.5 Å². The Labute approximate surface area is 117 Å². The summed E-state index contributed by atoms with van der Waals surface area (Å²) in [4.78, 5) is 23.0. The molecule has 0 heterocycles. The van der Waals surface area contributed by atoms with Crippen LogP contribution in [0.2, 0.25) is 0 Å². The van der Waals surface area contributed by atoms with E-state index < -0.39 is 17.2 Å². The van der Waals surface area contributed by atoms with Crippen LogP contribution in [0.15, 0.2) is 24.3 Å². The molecule has 0 radical (unpaired) electrons. The van der Waals surface area contributed by atoms with Gasteiger partial charge in [-0.2, -0.15) is 0 Å². The number of hydrogen-bond acceptors (Lipinski definition) is 2. The second-order valence-corrected chi connectivity index (χ2v) is 5.51. The van der Waals surface area contributed by atoms with E-state index in [1.165, 1.54) is 18.2 Å². The van der Waals surface area contributed by atoms with E-state index in [1.54, 1.807) is 6.07 Å². The molecular formula is C15H18FNO3. The smallest absolute Gasteiger partial charge is 0.303 e. The number of hydrogen-bond donors (Lipinski definition) is 2. The Morgan fingerprint density at radius 1 is 1.25 bits per heavy atom. The fourth-order valence-electron chi connectivity index (χ4n) is 2.97. The van der Waals surface area contributed by atoms with Crippen LogP contribution in [0.1, 0.15) is 38.5 Å². The molecule has 0 bridgehead atoms. The second-order valence-electron chi connectivity index (χ2n) is 5.51. The van der Waals surface area contributed by atoms with Crippen LogP contribution < -0.4 is 5.32 Å². The molecule has 0 aliphatic heterocycles. The molecule has 1 aromatic rings. The van der Waals surface area contributed by atoms with E-state index >= 15 is 0 Å². The number of nitrogens with one attached hydrogen (secondary N) is 1. The number of carboxylic acids is 1. The summed E-state index contributed by atoms with van der Waals surface area (Å²) in [6.45, 7) is 0. The molecule has 0 unspecified atom stereocenters. The van der Waals surface area contributed by atoms with Crippen LogP contribution in [0.3, 0.4) is 0 Å². The van der Waals surface area contributed by atoms with Crippen LogP contribution in [0.25, 0.3) is 0 Å². The van der Waals surface area contributed by atoms with Gasteiger partial charge in [0.25, 0.3) is 0 Å². The van der Waals surface area contributed by atoms with Crippen molar-refractivity contribution >= 4 is 17.6 Å². The summed E-state index contributed by atoms with van der Waals surface area (Å²) >= 11 is 0. The molecule has 1 aromatic carbocycles. The second kappa shape index (κ2) is 6.03. The van der Waals surface area contributed by atoms with Crippen LogP contribution in [-0.4, -0.2) is 17.0 Å². The van der Waals surface area contributed by atoms with Gasteiger partial charge in [0.15, 0.2) is 0 Å². The minimum absolute atomic E-state index is 0.0174. The Morgan fingerprint density at radius 2 is 1.95 bits per heavy atom. The van der Waals surface area contributed by atoms with Crippen LogP contribution in [-0.2, 0) is 9.59 Å². The number of carbonyl (C=O) groups is 2. The molecule has 2 rings (SSSR count). The number of amides is 1. The average Bonchev–Trinajstić information content (AvgIpc) is 2.75. The van der Waals surface area contributed by atoms with E-state index in [-0.39, 0.29) is 18.7 Å². The van der Waals surface area contributed by atoms with Crippen molar-refractivity contribution in [1.29, 1.82) is 0 Å². The molecular weight excluding hydrogens is 261 g/mol. The summed E-state index contributed by atoms with van der Waals surface area (Å²) in [5.74, 6) is -1.53. The van der Waals surface area contributed by atoms with E-state index in [9.17, 15) is 14.0 Å². The molecule has 0 spiro atoms. The maximum atomic E-state index is 13.0. The number of benzene rings is 1. The average molecular weight is 279 g/mol. The Morgan fingerprint density at radius 3 is 2.55 bits per heavy atom. The number of aliphatic carboxylic acids is 1. The molecule has 0 atom stereocenters. The van der Waals surface area contributed by atoms with Crippen LogP contribution >= 0.6 is 0 Å². The largest absolute Gasteiger partial charge is 0.481 e. The van der Waals surface area contributed by atoms with Crippen molar-refractivity contribution in [3.05, 3.63) is 30.1 Å². The molecule has 2 N–H and O–H groups in total. The van der Waals surface area contributed by atoms with Crippen LogP contribution in [0.5, 0.6) is 0 Å². The number of anilines is 1. The highest BCUT2D eigenvalue weighted by Crippen LogP contribution is 2.44. The summed E-state index contributed by atoms with van der Waals surface area (Å²) in [7, 11) is 0. The van der Waals surface area contributed by atoms with Crippen molar-refractivity contribution in [3.8, 4) is 0 Å². The molecule has 20 heavy (non-hydrogen) atoms. The van der Waals surface area contributed by atoms with Gasteiger partial charge in [-0.25, -0.2) is 4.39 Å². The standard InChI is InChI=1S/C15H18FNO3/c16-11-4-3-5-12(8-11)17-13(18)9-15(10-14(19)20)6-1-2-7-15/h3-5,8H,1-2,6-7,9-10H2,(H,17,18)(H,19,20). The molecule has 108 valence electrons. The van der Waals surface area contributed by atoms with Crippen molar-refractivity contribution in [2.24, 2.45) is 5.41 Å². The van der Waals surface area contributed by atoms with E-state index in [1.807, 2.05) is 0 Å². The molecule has 1 amide bonds. The Kier molecular flexibility index (Phi) is 4.37. The van der Waals surface area contributed by atoms with E-state index in [4.69, 9.17) is 5.11 Å². The monoisotopic (exact) mass is 279 g/mol. The van der Waals surface area contributed by atoms with Gasteiger partial charge in [-0.15, -0.1) is 0 Å². The Bertz CT molecular complexity index is 510. The van der Waals surface area contributed by atoms with Gasteiger partial charge in [0.1, 0.15) is 5.82 Å². The fourth-order valence-corrected chi connectivity index (χ4v) is 2.97. The lowest BCUT2D eigenvalue weighted by Gasteiger charge is -2.26. The number of carbonyl (C=O) groups excluding carboxylic acids is 1. The highest BCUT2D eigenvalue weighted by molar-refractivity contribution is 5.91. The van der Waals surface area contributed by atoms with Crippen molar-refractivity contribution < 1.29 is 19.1 Å². The van der Waals surface area contributed by atoms with E-state index in [0.717, 1.165) is 25.7 Å². The number of rotatable bonds is 5. The molecule has 1 aliphatic rings. The maximum Gasteiger partial charge on any atom is 0.303 e. The maximum absolute atomic E-state index is 13.0. The SMILES string of the molecule is O=C(O)CC1(CC(=O)Nc2cccc(F)c2)CCCC1. The predicted octanol–water partition coefficient (Wildman–Crippen LogP) is 3.19. The Balaban J connectivity index is 2.00. The minimum Gasteiger partial charge on any atom is -0.481 e. The zero-order chi connectivity index (χ0) is 14.6. The van der Waals surface area contributed by atoms with Gasteiger partial charge in [-0.3, -0.25) is 9.59 Å². The normalized spacial score (nSPS) is 16.9. The van der Waals surface area contributed by atoms with Crippen molar-refractivity contribution in [3.63, 3.8) is 0 Å². The van der Waals surface area contributed by atoms with Crippen LogP contribution in [0.4, 0.5) is 10.1 Å². The van der Waals surface area contributed by atoms with E-state index in [0.29, 0.717) is 5.69 Å². The zero-order valence-corrected chi connectivity index (χ0v) is 11.2. The van der Waals surface area contributed by atoms with Crippen molar-refractivity contribution in [2.45, 2.75) is 38.5 Å². The summed E-state index contributed by atoms with van der Waals surface area (Å²) in [5, 5.41) is 11.6. The van der Waals surface area contributed by atoms with Gasteiger partial charge in [0.05, 0.1) is 6.42 Å². The quantitative estimate of drug-likeness (QED) is 0.869. The van der Waals surface area contributed by atoms with Gasteiger partial charge in [-0.1, -0.05) is 18.9 Å². The Hall–Kier alpha value is -1.91. The van der Waals surface area contributed by atoms with Gasteiger partial charge in [0.2, 0.25) is 5.91 Å². The molecule has 5 heteroatoms. The first kappa shape index (κ1) is 14.5. The first-order valence-corrected chi connectivity index (χ1v) is 6.76. The summed E-state index contributed by atoms with van der Waals surface area (Å²) < 4.78 is 13.0. The van der Waals surface area contributed by atoms with E-state index in [2.05, 4.69) is 5.32 Å². The first-order valence-electron chi connectivity index (χ1n) is 6.76. The van der Waals surface area contributed by atoms with Crippen LogP contribution in [0, 0.1) is 11.2 Å². The molecule has 0 aromatic heterocycles. The molecule has 4 nitrogen and oxygen atoms in total. The topological polar surface area (TPSA) is 66.4 Å². The van der Waals surface area contributed by atoms with Gasteiger partial charge >= 0.3 is 5.97 Å². The summed E-state index contributed by atoms with van der Waals surface area (Å²) in [6.07, 6.45) is 3.63. The van der Waals surface area contributed by atoms with Crippen molar-refractivity contribution in [2.75, 3.05) is 5.32 Å². The zero-order valence-electron chi connectivity index (χ0n) is 11.2. The lowest BCUT2D eigenvalue weighted by molar-refractivity contribution is -0.140. The summed E-state index contributed by atoms with van der Waals surface area (Å²) in [5.41, 5.74) is -0.0399. The molecule has 1 saturated carbocycles. The van der Waals surface area contributed by atoms with Gasteiger partial charge in [0, 0.05) is 12.1 Å². The summed E-state index contributed by atoms with van der Waals surface area (Å²) in [6, 6.07) is 5.68. The van der Waals surface area contributed by atoms with Gasteiger partial charge < -0.3 is 10.4 Å². The molecule has 1 fully saturated rings. The third kappa shape index (κ3) is 3.79.